The third-order valence-corrected chi connectivity index (χ3v) is 1.89. The number of nitrogen functional groups attached to an aromatic ring is 1. The van der Waals surface area contributed by atoms with Crippen molar-refractivity contribution in [2.75, 3.05) is 12.3 Å². The molecule has 1 aromatic rings. The van der Waals surface area contributed by atoms with E-state index in [1.807, 2.05) is 0 Å². The lowest BCUT2D eigenvalue weighted by Crippen LogP contribution is -1.97. The van der Waals surface area contributed by atoms with Gasteiger partial charge in [-0.2, -0.15) is 0 Å². The number of halogens is 1. The number of anilines is 1. The Kier molecular flexibility index (Phi) is 3.68. The minimum Gasteiger partial charge on any atom is -0.381 e. The molecular weight excluding hydrogens is 232 g/mol. The first-order chi connectivity index (χ1) is 6.24. The Balaban J connectivity index is 2.81. The Morgan fingerprint density at radius 2 is 2.23 bits per heavy atom. The zero-order valence-corrected chi connectivity index (χ0v) is 8.50. The molecule has 0 aliphatic heterocycles. The van der Waals surface area contributed by atoms with Crippen LogP contribution in [-0.4, -0.2) is 16.7 Å². The van der Waals surface area contributed by atoms with Crippen LogP contribution in [0.5, 0.6) is 0 Å². The summed E-state index contributed by atoms with van der Waals surface area (Å²) in [6.07, 6.45) is 0.656. The van der Waals surface area contributed by atoms with Crippen molar-refractivity contribution in [1.82, 2.24) is 10.2 Å². The van der Waals surface area contributed by atoms with E-state index in [0.29, 0.717) is 29.0 Å². The van der Waals surface area contributed by atoms with Gasteiger partial charge in [-0.3, -0.25) is 0 Å². The lowest BCUT2D eigenvalue weighted by molar-refractivity contribution is 1.01. The van der Waals surface area contributed by atoms with Crippen molar-refractivity contribution in [2.24, 2.45) is 5.73 Å². The maximum atomic E-state index is 5.45. The molecule has 1 aromatic heterocycles. The van der Waals surface area contributed by atoms with Crippen molar-refractivity contribution < 1.29 is 0 Å². The smallest absolute Gasteiger partial charge is 0.160 e. The molecule has 68 valence electrons. The minimum absolute atomic E-state index is 0.365. The first kappa shape index (κ1) is 9.96. The van der Waals surface area contributed by atoms with Crippen LogP contribution in [0.1, 0.15) is 12.1 Å². The van der Waals surface area contributed by atoms with Gasteiger partial charge in [0.1, 0.15) is 5.69 Å². The van der Waals surface area contributed by atoms with E-state index in [2.05, 4.69) is 38.0 Å². The summed E-state index contributed by atoms with van der Waals surface area (Å²) in [7, 11) is 0. The molecule has 0 saturated heterocycles. The summed E-state index contributed by atoms with van der Waals surface area (Å²) in [5, 5.41) is 7.50. The van der Waals surface area contributed by atoms with E-state index in [1.54, 1.807) is 6.07 Å². The van der Waals surface area contributed by atoms with Crippen molar-refractivity contribution in [3.63, 3.8) is 0 Å². The van der Waals surface area contributed by atoms with Gasteiger partial charge in [0.25, 0.3) is 0 Å². The quantitative estimate of drug-likeness (QED) is 0.702. The Labute approximate surface area is 84.8 Å². The van der Waals surface area contributed by atoms with Gasteiger partial charge in [0.05, 0.1) is 4.47 Å². The Bertz CT molecular complexity index is 353. The van der Waals surface area contributed by atoms with Gasteiger partial charge in [-0.05, 0) is 27.9 Å². The Hall–Kier alpha value is -1.12. The molecule has 0 unspecified atom stereocenters. The highest BCUT2D eigenvalue weighted by atomic mass is 79.9. The third kappa shape index (κ3) is 3.01. The van der Waals surface area contributed by atoms with Gasteiger partial charge in [0.2, 0.25) is 0 Å². The summed E-state index contributed by atoms with van der Waals surface area (Å²) >= 11 is 3.24. The average molecular weight is 241 g/mol. The second-order valence-corrected chi connectivity index (χ2v) is 3.16. The molecule has 1 rings (SSSR count). The maximum Gasteiger partial charge on any atom is 0.160 e. The van der Waals surface area contributed by atoms with Crippen LogP contribution in [0.2, 0.25) is 0 Å². The zero-order valence-electron chi connectivity index (χ0n) is 6.92. The summed E-state index contributed by atoms with van der Waals surface area (Å²) in [5.41, 5.74) is 11.3. The first-order valence-corrected chi connectivity index (χ1v) is 4.51. The molecule has 4 N–H and O–H groups in total. The number of hydrogen-bond donors (Lipinski definition) is 2. The molecule has 0 fully saturated rings. The van der Waals surface area contributed by atoms with Crippen molar-refractivity contribution in [1.29, 1.82) is 0 Å². The summed E-state index contributed by atoms with van der Waals surface area (Å²) in [4.78, 5) is 0. The standard InChI is InChI=1S/C8H9BrN4/c9-7-5-6(3-1-2-4-10)12-13-8(7)11/h5H,2,4,10H2,(H2,11,13). The molecule has 0 aromatic carbocycles. The molecule has 0 bridgehead atoms. The monoisotopic (exact) mass is 240 g/mol. The topological polar surface area (TPSA) is 77.8 Å². The molecule has 0 spiro atoms. The SMILES string of the molecule is NCCC#Cc1cc(Br)c(N)nn1. The average Bonchev–Trinajstić information content (AvgIpc) is 2.12. The molecule has 0 saturated carbocycles. The van der Waals surface area contributed by atoms with E-state index < -0.39 is 0 Å². The number of nitrogens with zero attached hydrogens (tertiary/aromatic N) is 2. The predicted octanol–water partition coefficient (Wildman–Crippen LogP) is 0.522. The van der Waals surface area contributed by atoms with E-state index in [0.717, 1.165) is 0 Å². The van der Waals surface area contributed by atoms with Gasteiger partial charge >= 0.3 is 0 Å². The molecule has 0 aliphatic carbocycles. The van der Waals surface area contributed by atoms with Crippen molar-refractivity contribution in [2.45, 2.75) is 6.42 Å². The van der Waals surface area contributed by atoms with Crippen LogP contribution in [0.15, 0.2) is 10.5 Å². The molecule has 13 heavy (non-hydrogen) atoms. The molecule has 0 amide bonds. The molecular formula is C8H9BrN4. The first-order valence-electron chi connectivity index (χ1n) is 3.71. The third-order valence-electron chi connectivity index (χ3n) is 1.26. The van der Waals surface area contributed by atoms with Gasteiger partial charge in [-0.25, -0.2) is 0 Å². The largest absolute Gasteiger partial charge is 0.381 e. The normalized spacial score (nSPS) is 9.08. The van der Waals surface area contributed by atoms with E-state index in [1.165, 1.54) is 0 Å². The number of aromatic nitrogens is 2. The van der Waals surface area contributed by atoms with Gasteiger partial charge in [0.15, 0.2) is 5.82 Å². The summed E-state index contributed by atoms with van der Waals surface area (Å²) < 4.78 is 0.708. The lowest BCUT2D eigenvalue weighted by Gasteiger charge is -1.94. The van der Waals surface area contributed by atoms with Gasteiger partial charge in [-0.15, -0.1) is 10.2 Å². The number of hydrogen-bond acceptors (Lipinski definition) is 4. The van der Waals surface area contributed by atoms with Gasteiger partial charge in [0, 0.05) is 13.0 Å². The molecule has 0 aliphatic rings. The highest BCUT2D eigenvalue weighted by Gasteiger charge is 1.97. The van der Waals surface area contributed by atoms with Crippen LogP contribution < -0.4 is 11.5 Å². The maximum absolute atomic E-state index is 5.45. The number of nitrogens with two attached hydrogens (primary N) is 2. The number of rotatable bonds is 1. The second kappa shape index (κ2) is 4.80. The zero-order chi connectivity index (χ0) is 9.68. The molecule has 4 nitrogen and oxygen atoms in total. The molecule has 0 atom stereocenters. The summed E-state index contributed by atoms with van der Waals surface area (Å²) in [6.45, 7) is 0.552. The predicted molar refractivity (Wildman–Crippen MR) is 54.7 cm³/mol. The second-order valence-electron chi connectivity index (χ2n) is 2.30. The highest BCUT2D eigenvalue weighted by Crippen LogP contribution is 2.15. The van der Waals surface area contributed by atoms with Crippen LogP contribution in [0, 0.1) is 11.8 Å². The Morgan fingerprint density at radius 3 is 2.85 bits per heavy atom. The molecule has 1 heterocycles. The minimum atomic E-state index is 0.365. The van der Waals surface area contributed by atoms with Gasteiger partial charge in [-0.1, -0.05) is 5.92 Å². The van der Waals surface area contributed by atoms with E-state index >= 15 is 0 Å². The van der Waals surface area contributed by atoms with Crippen LogP contribution in [0.4, 0.5) is 5.82 Å². The van der Waals surface area contributed by atoms with Gasteiger partial charge < -0.3 is 11.5 Å². The van der Waals surface area contributed by atoms with Crippen LogP contribution in [0.25, 0.3) is 0 Å². The summed E-state index contributed by atoms with van der Waals surface area (Å²) in [6, 6.07) is 1.73. The summed E-state index contributed by atoms with van der Waals surface area (Å²) in [5.74, 6) is 6.05. The fraction of sp³-hybridized carbons (Fsp3) is 0.250. The van der Waals surface area contributed by atoms with E-state index in [-0.39, 0.29) is 0 Å². The fourth-order valence-electron chi connectivity index (χ4n) is 0.665. The van der Waals surface area contributed by atoms with E-state index in [9.17, 15) is 0 Å². The van der Waals surface area contributed by atoms with Crippen LogP contribution >= 0.6 is 15.9 Å². The van der Waals surface area contributed by atoms with Crippen LogP contribution in [-0.2, 0) is 0 Å². The highest BCUT2D eigenvalue weighted by molar-refractivity contribution is 9.10. The Morgan fingerprint density at radius 1 is 1.46 bits per heavy atom. The van der Waals surface area contributed by atoms with Crippen molar-refractivity contribution >= 4 is 21.7 Å². The van der Waals surface area contributed by atoms with Crippen LogP contribution in [0.3, 0.4) is 0 Å². The molecule has 0 radical (unpaired) electrons. The fourth-order valence-corrected chi connectivity index (χ4v) is 0.961. The lowest BCUT2D eigenvalue weighted by atomic mass is 10.3. The van der Waals surface area contributed by atoms with Crippen molar-refractivity contribution in [3.8, 4) is 11.8 Å². The van der Waals surface area contributed by atoms with E-state index in [4.69, 9.17) is 11.5 Å². The van der Waals surface area contributed by atoms with Crippen molar-refractivity contribution in [3.05, 3.63) is 16.2 Å². The molecule has 5 heteroatoms.